The summed E-state index contributed by atoms with van der Waals surface area (Å²) in [5.74, 6) is 1.74. The number of unbranched alkanes of at least 4 members (excludes halogenated alkanes) is 2. The molecule has 206 valence electrons. The van der Waals surface area contributed by atoms with E-state index in [4.69, 9.17) is 9.72 Å². The summed E-state index contributed by atoms with van der Waals surface area (Å²) in [4.78, 5) is 12.0. The van der Waals surface area contributed by atoms with Crippen LogP contribution in [-0.2, 0) is 0 Å². The van der Waals surface area contributed by atoms with E-state index in [1.54, 1.807) is 0 Å². The summed E-state index contributed by atoms with van der Waals surface area (Å²) < 4.78 is 6.53. The van der Waals surface area contributed by atoms with Crippen molar-refractivity contribution in [2.24, 2.45) is 0 Å². The Morgan fingerprint density at radius 3 is 2.12 bits per heavy atom. The number of benzene rings is 3. The molecule has 0 radical (unpaired) electrons. The molecular formula is C36H37N3OSi. The van der Waals surface area contributed by atoms with E-state index in [1.165, 1.54) is 48.3 Å². The summed E-state index contributed by atoms with van der Waals surface area (Å²) in [6.07, 6.45) is 8.60. The van der Waals surface area contributed by atoms with Crippen molar-refractivity contribution >= 4 is 35.6 Å². The van der Waals surface area contributed by atoms with Gasteiger partial charge < -0.3 is 9.64 Å². The summed E-state index contributed by atoms with van der Waals surface area (Å²) in [5, 5.41) is 2.73. The number of anilines is 3. The van der Waals surface area contributed by atoms with Crippen LogP contribution in [0, 0.1) is 0 Å². The first kappa shape index (κ1) is 27.0. The lowest BCUT2D eigenvalue weighted by atomic mass is 10.1. The number of pyridine rings is 2. The summed E-state index contributed by atoms with van der Waals surface area (Å²) in [5.41, 5.74) is 5.27. The molecule has 5 heteroatoms. The zero-order valence-corrected chi connectivity index (χ0v) is 25.0. The summed E-state index contributed by atoms with van der Waals surface area (Å²) in [6.45, 7) is 4.59. The van der Waals surface area contributed by atoms with Crippen LogP contribution in [0.25, 0.3) is 11.3 Å². The number of ether oxygens (including phenoxy) is 1. The van der Waals surface area contributed by atoms with Gasteiger partial charge in [0.05, 0.1) is 17.1 Å². The standard InChI is InChI=1S/C36H37N3OSi/c1-3-5-24-41(25-6-4-2,36-19-10-12-23-38-36)30-20-21-35-33(27-30)39(32-17-7-8-18-34(32)40-35)29-15-13-14-28(26-29)31-16-9-11-22-37-31/h7-23,26-27H,3-6,24-25H2,1-2H3. The van der Waals surface area contributed by atoms with E-state index in [0.29, 0.717) is 0 Å². The maximum atomic E-state index is 6.53. The second-order valence-corrected chi connectivity index (χ2v) is 15.1. The monoisotopic (exact) mass is 555 g/mol. The van der Waals surface area contributed by atoms with Gasteiger partial charge in [-0.25, -0.2) is 0 Å². The van der Waals surface area contributed by atoms with Gasteiger partial charge in [-0.05, 0) is 77.9 Å². The Bertz CT molecular complexity index is 1600. The zero-order chi connectivity index (χ0) is 28.1. The highest BCUT2D eigenvalue weighted by atomic mass is 28.3. The van der Waals surface area contributed by atoms with Crippen LogP contribution < -0.4 is 20.1 Å². The van der Waals surface area contributed by atoms with Crippen molar-refractivity contribution in [3.8, 4) is 22.8 Å². The first-order valence-corrected chi connectivity index (χ1v) is 17.3. The number of fused-ring (bicyclic) bond motifs is 2. The van der Waals surface area contributed by atoms with Crippen LogP contribution in [0.2, 0.25) is 12.1 Å². The van der Waals surface area contributed by atoms with Crippen LogP contribution in [0.4, 0.5) is 17.1 Å². The second kappa shape index (κ2) is 12.1. The minimum atomic E-state index is -2.14. The van der Waals surface area contributed by atoms with E-state index in [9.17, 15) is 0 Å². The van der Waals surface area contributed by atoms with Crippen LogP contribution in [0.1, 0.15) is 39.5 Å². The lowest BCUT2D eigenvalue weighted by molar-refractivity contribution is 0.477. The van der Waals surface area contributed by atoms with Gasteiger partial charge in [0.1, 0.15) is 8.07 Å². The van der Waals surface area contributed by atoms with Crippen LogP contribution in [0.5, 0.6) is 11.5 Å². The molecule has 1 aliphatic heterocycles. The van der Waals surface area contributed by atoms with Crippen molar-refractivity contribution in [3.05, 3.63) is 116 Å². The van der Waals surface area contributed by atoms with Crippen LogP contribution >= 0.6 is 0 Å². The van der Waals surface area contributed by atoms with Crippen molar-refractivity contribution in [1.29, 1.82) is 0 Å². The Labute approximate surface area is 244 Å². The average molecular weight is 556 g/mol. The SMILES string of the molecule is CCCC[Si](CCCC)(c1ccc2c(c1)N(c1cccc(-c3ccccn3)c1)c1ccccc1O2)c1ccccn1. The van der Waals surface area contributed by atoms with Gasteiger partial charge in [-0.15, -0.1) is 0 Å². The third-order valence-corrected chi connectivity index (χ3v) is 13.3. The highest BCUT2D eigenvalue weighted by molar-refractivity contribution is 7.01. The molecule has 0 atom stereocenters. The van der Waals surface area contributed by atoms with E-state index < -0.39 is 8.07 Å². The summed E-state index contributed by atoms with van der Waals surface area (Å²) >= 11 is 0. The highest BCUT2D eigenvalue weighted by Crippen LogP contribution is 2.50. The van der Waals surface area contributed by atoms with E-state index >= 15 is 0 Å². The van der Waals surface area contributed by atoms with Crippen molar-refractivity contribution < 1.29 is 4.74 Å². The summed E-state index contributed by atoms with van der Waals surface area (Å²) in [6, 6.07) is 38.9. The molecule has 0 bridgehead atoms. The van der Waals surface area contributed by atoms with Gasteiger partial charge in [-0.2, -0.15) is 0 Å². The number of aromatic nitrogens is 2. The van der Waals surface area contributed by atoms with E-state index in [1.807, 2.05) is 36.7 Å². The van der Waals surface area contributed by atoms with E-state index in [0.717, 1.165) is 39.8 Å². The molecule has 4 nitrogen and oxygen atoms in total. The molecule has 0 saturated carbocycles. The van der Waals surface area contributed by atoms with Crippen LogP contribution in [0.15, 0.2) is 116 Å². The zero-order valence-electron chi connectivity index (χ0n) is 24.0. The van der Waals surface area contributed by atoms with Gasteiger partial charge in [0.2, 0.25) is 0 Å². The Kier molecular flexibility index (Phi) is 7.97. The largest absolute Gasteiger partial charge is 0.453 e. The molecule has 0 saturated heterocycles. The molecule has 1 aliphatic rings. The molecule has 41 heavy (non-hydrogen) atoms. The average Bonchev–Trinajstić information content (AvgIpc) is 3.04. The number of rotatable bonds is 10. The Hall–Kier alpha value is -4.22. The van der Waals surface area contributed by atoms with Crippen LogP contribution in [0.3, 0.4) is 0 Å². The second-order valence-electron chi connectivity index (χ2n) is 10.9. The number of hydrogen-bond donors (Lipinski definition) is 0. The Morgan fingerprint density at radius 1 is 0.659 bits per heavy atom. The van der Waals surface area contributed by atoms with E-state index in [2.05, 4.69) is 103 Å². The molecule has 5 aromatic rings. The fourth-order valence-electron chi connectivity index (χ4n) is 6.09. The van der Waals surface area contributed by atoms with Crippen molar-refractivity contribution in [2.45, 2.75) is 51.6 Å². The molecule has 0 amide bonds. The predicted octanol–water partition coefficient (Wildman–Crippen LogP) is 8.88. The molecule has 3 aromatic carbocycles. The molecule has 0 N–H and O–H groups in total. The van der Waals surface area contributed by atoms with Crippen molar-refractivity contribution in [1.82, 2.24) is 9.97 Å². The normalized spacial score (nSPS) is 12.4. The molecule has 3 heterocycles. The molecule has 6 rings (SSSR count). The van der Waals surface area contributed by atoms with E-state index in [-0.39, 0.29) is 0 Å². The highest BCUT2D eigenvalue weighted by Gasteiger charge is 2.39. The van der Waals surface area contributed by atoms with Gasteiger partial charge in [0, 0.05) is 29.0 Å². The quantitative estimate of drug-likeness (QED) is 0.158. The predicted molar refractivity (Wildman–Crippen MR) is 173 cm³/mol. The molecule has 0 spiro atoms. The van der Waals surface area contributed by atoms with Gasteiger partial charge in [-0.3, -0.25) is 9.97 Å². The number of nitrogens with zero attached hydrogens (tertiary/aromatic N) is 3. The molecular weight excluding hydrogens is 519 g/mol. The summed E-state index contributed by atoms with van der Waals surface area (Å²) in [7, 11) is -2.14. The lowest BCUT2D eigenvalue weighted by Gasteiger charge is -2.36. The lowest BCUT2D eigenvalue weighted by Crippen LogP contribution is -2.59. The van der Waals surface area contributed by atoms with Gasteiger partial charge >= 0.3 is 0 Å². The topological polar surface area (TPSA) is 38.2 Å². The van der Waals surface area contributed by atoms with Gasteiger partial charge in [-0.1, -0.05) is 82.0 Å². The Balaban J connectivity index is 1.53. The third kappa shape index (κ3) is 5.30. The first-order valence-electron chi connectivity index (χ1n) is 14.9. The van der Waals surface area contributed by atoms with Gasteiger partial charge in [0.25, 0.3) is 0 Å². The van der Waals surface area contributed by atoms with Crippen LogP contribution in [-0.4, -0.2) is 18.0 Å². The van der Waals surface area contributed by atoms with Crippen molar-refractivity contribution in [3.63, 3.8) is 0 Å². The Morgan fingerprint density at radius 2 is 1.39 bits per heavy atom. The minimum Gasteiger partial charge on any atom is -0.453 e. The molecule has 0 aliphatic carbocycles. The number of para-hydroxylation sites is 2. The fourth-order valence-corrected chi connectivity index (χ4v) is 11.2. The molecule has 2 aromatic heterocycles. The fraction of sp³-hybridized carbons (Fsp3) is 0.222. The minimum absolute atomic E-state index is 0.862. The first-order chi connectivity index (χ1) is 20.2. The maximum Gasteiger partial charge on any atom is 0.151 e. The number of hydrogen-bond acceptors (Lipinski definition) is 4. The molecule has 0 fully saturated rings. The van der Waals surface area contributed by atoms with Crippen molar-refractivity contribution in [2.75, 3.05) is 4.90 Å². The molecule has 0 unspecified atom stereocenters. The third-order valence-electron chi connectivity index (χ3n) is 8.21. The maximum absolute atomic E-state index is 6.53. The smallest absolute Gasteiger partial charge is 0.151 e. The van der Waals surface area contributed by atoms with Gasteiger partial charge in [0.15, 0.2) is 11.5 Å².